The Balaban J connectivity index is 1.54. The minimum Gasteiger partial charge on any atom is -0.497 e. The largest absolute Gasteiger partial charge is 0.497 e. The van der Waals surface area contributed by atoms with Gasteiger partial charge >= 0.3 is 0 Å². The Kier molecular flexibility index (Phi) is 5.95. The van der Waals surface area contributed by atoms with Gasteiger partial charge in [0.1, 0.15) is 5.75 Å². The molecule has 0 bridgehead atoms. The molecule has 2 aromatic rings. The fourth-order valence-corrected chi connectivity index (χ4v) is 4.35. The molecule has 0 radical (unpaired) electrons. The second kappa shape index (κ2) is 8.20. The van der Waals surface area contributed by atoms with Crippen molar-refractivity contribution in [1.82, 2.24) is 14.8 Å². The fourth-order valence-electron chi connectivity index (χ4n) is 3.24. The van der Waals surface area contributed by atoms with Crippen LogP contribution in [-0.2, 0) is 16.6 Å². The number of hydrogen-bond donors (Lipinski definition) is 1. The number of nitrogens with zero attached hydrogens (tertiary/aromatic N) is 2. The standard InChI is InChI=1S/C18H25N3O4S/c1-14-10-17(25-20-14)13-21-9-3-4-15(12-21)11-19-26(22,23)18-7-5-16(24-2)6-8-18/h5-8,10,15,19H,3-4,9,11-13H2,1-2H3/t15-/m1/s1. The molecule has 0 amide bonds. The van der Waals surface area contributed by atoms with Crippen molar-refractivity contribution in [2.45, 2.75) is 31.2 Å². The van der Waals surface area contributed by atoms with Crippen LogP contribution < -0.4 is 9.46 Å². The molecule has 1 aromatic heterocycles. The van der Waals surface area contributed by atoms with Crippen molar-refractivity contribution in [2.24, 2.45) is 5.92 Å². The van der Waals surface area contributed by atoms with Crippen molar-refractivity contribution in [3.8, 4) is 5.75 Å². The van der Waals surface area contributed by atoms with Crippen LogP contribution in [0.3, 0.4) is 0 Å². The summed E-state index contributed by atoms with van der Waals surface area (Å²) in [4.78, 5) is 2.54. The number of piperidine rings is 1. The van der Waals surface area contributed by atoms with Gasteiger partial charge in [-0.15, -0.1) is 0 Å². The van der Waals surface area contributed by atoms with Gasteiger partial charge in [-0.05, 0) is 56.5 Å². The lowest BCUT2D eigenvalue weighted by Gasteiger charge is -2.32. The SMILES string of the molecule is COc1ccc(S(=O)(=O)NC[C@H]2CCCN(Cc3cc(C)no3)C2)cc1. The Labute approximate surface area is 154 Å². The molecule has 8 heteroatoms. The predicted molar refractivity (Wildman–Crippen MR) is 97.4 cm³/mol. The van der Waals surface area contributed by atoms with E-state index in [1.807, 2.05) is 13.0 Å². The first-order valence-electron chi connectivity index (χ1n) is 8.74. The van der Waals surface area contributed by atoms with Gasteiger partial charge in [0.25, 0.3) is 0 Å². The van der Waals surface area contributed by atoms with Gasteiger partial charge in [-0.25, -0.2) is 13.1 Å². The molecule has 1 saturated heterocycles. The van der Waals surface area contributed by atoms with Crippen LogP contribution in [0.5, 0.6) is 5.75 Å². The molecular weight excluding hydrogens is 354 g/mol. The molecule has 0 unspecified atom stereocenters. The summed E-state index contributed by atoms with van der Waals surface area (Å²) in [7, 11) is -1.96. The van der Waals surface area contributed by atoms with Gasteiger partial charge < -0.3 is 9.26 Å². The number of likely N-dealkylation sites (tertiary alicyclic amines) is 1. The van der Waals surface area contributed by atoms with E-state index in [1.54, 1.807) is 31.4 Å². The molecule has 1 aliphatic heterocycles. The van der Waals surface area contributed by atoms with E-state index in [9.17, 15) is 8.42 Å². The van der Waals surface area contributed by atoms with Gasteiger partial charge in [-0.3, -0.25) is 4.90 Å². The normalized spacial score (nSPS) is 18.8. The van der Waals surface area contributed by atoms with Crippen molar-refractivity contribution in [1.29, 1.82) is 0 Å². The maximum absolute atomic E-state index is 12.5. The highest BCUT2D eigenvalue weighted by Gasteiger charge is 2.23. The van der Waals surface area contributed by atoms with Crippen LogP contribution in [0.4, 0.5) is 0 Å². The number of nitrogens with one attached hydrogen (secondary N) is 1. The first-order chi connectivity index (χ1) is 12.5. The van der Waals surface area contributed by atoms with E-state index in [4.69, 9.17) is 9.26 Å². The third-order valence-corrected chi connectivity index (χ3v) is 6.03. The van der Waals surface area contributed by atoms with Crippen molar-refractivity contribution < 1.29 is 17.7 Å². The van der Waals surface area contributed by atoms with Crippen LogP contribution in [0.25, 0.3) is 0 Å². The second-order valence-electron chi connectivity index (χ2n) is 6.71. The van der Waals surface area contributed by atoms with Crippen LogP contribution >= 0.6 is 0 Å². The van der Waals surface area contributed by atoms with E-state index in [0.29, 0.717) is 18.8 Å². The van der Waals surface area contributed by atoms with E-state index in [-0.39, 0.29) is 10.8 Å². The molecule has 26 heavy (non-hydrogen) atoms. The zero-order valence-corrected chi connectivity index (χ0v) is 16.0. The summed E-state index contributed by atoms with van der Waals surface area (Å²) in [6, 6.07) is 8.35. The summed E-state index contributed by atoms with van der Waals surface area (Å²) in [5.74, 6) is 1.76. The summed E-state index contributed by atoms with van der Waals surface area (Å²) >= 11 is 0. The van der Waals surface area contributed by atoms with Gasteiger partial charge in [0.05, 0.1) is 24.2 Å². The summed E-state index contributed by atoms with van der Waals surface area (Å²) in [6.07, 6.45) is 2.05. The monoisotopic (exact) mass is 379 g/mol. The zero-order valence-electron chi connectivity index (χ0n) is 15.1. The average Bonchev–Trinajstić information content (AvgIpc) is 3.05. The highest BCUT2D eigenvalue weighted by atomic mass is 32.2. The quantitative estimate of drug-likeness (QED) is 0.794. The molecule has 1 N–H and O–H groups in total. The Morgan fingerprint density at radius 1 is 1.35 bits per heavy atom. The molecule has 1 aromatic carbocycles. The minimum atomic E-state index is -3.51. The molecule has 1 atom stereocenters. The van der Waals surface area contributed by atoms with E-state index < -0.39 is 10.0 Å². The second-order valence-corrected chi connectivity index (χ2v) is 8.47. The molecule has 3 rings (SSSR count). The van der Waals surface area contributed by atoms with E-state index in [1.165, 1.54) is 0 Å². The maximum atomic E-state index is 12.5. The van der Waals surface area contributed by atoms with Crippen molar-refractivity contribution in [3.63, 3.8) is 0 Å². The number of hydrogen-bond acceptors (Lipinski definition) is 6. The van der Waals surface area contributed by atoms with Crippen molar-refractivity contribution >= 4 is 10.0 Å². The first-order valence-corrected chi connectivity index (χ1v) is 10.2. The smallest absolute Gasteiger partial charge is 0.240 e. The maximum Gasteiger partial charge on any atom is 0.240 e. The molecule has 1 fully saturated rings. The molecule has 1 aliphatic rings. The number of benzene rings is 1. The molecule has 7 nitrogen and oxygen atoms in total. The van der Waals surface area contributed by atoms with Gasteiger partial charge in [-0.1, -0.05) is 5.16 Å². The summed E-state index contributed by atoms with van der Waals surface area (Å²) < 4.78 is 38.0. The summed E-state index contributed by atoms with van der Waals surface area (Å²) in [5, 5.41) is 3.91. The third-order valence-electron chi connectivity index (χ3n) is 4.59. The van der Waals surface area contributed by atoms with E-state index >= 15 is 0 Å². The van der Waals surface area contributed by atoms with Crippen LogP contribution in [0.15, 0.2) is 39.8 Å². The zero-order chi connectivity index (χ0) is 18.6. The lowest BCUT2D eigenvalue weighted by Crippen LogP contribution is -2.40. The Hall–Kier alpha value is -1.90. The fraction of sp³-hybridized carbons (Fsp3) is 0.500. The highest BCUT2D eigenvalue weighted by molar-refractivity contribution is 7.89. The van der Waals surface area contributed by atoms with Gasteiger partial charge in [-0.2, -0.15) is 0 Å². The molecule has 0 saturated carbocycles. The third kappa shape index (κ3) is 4.84. The molecule has 0 spiro atoms. The molecule has 2 heterocycles. The Bertz CT molecular complexity index is 817. The molecular formula is C18H25N3O4S. The molecule has 0 aliphatic carbocycles. The number of aromatic nitrogens is 1. The van der Waals surface area contributed by atoms with Crippen molar-refractivity contribution in [2.75, 3.05) is 26.7 Å². The molecule has 142 valence electrons. The Morgan fingerprint density at radius 2 is 2.12 bits per heavy atom. The van der Waals surface area contributed by atoms with Gasteiger partial charge in [0.15, 0.2) is 5.76 Å². The summed E-state index contributed by atoms with van der Waals surface area (Å²) in [6.45, 7) is 4.87. The Morgan fingerprint density at radius 3 is 2.77 bits per heavy atom. The van der Waals surface area contributed by atoms with Crippen LogP contribution in [0, 0.1) is 12.8 Å². The van der Waals surface area contributed by atoms with E-state index in [2.05, 4.69) is 14.8 Å². The average molecular weight is 379 g/mol. The minimum absolute atomic E-state index is 0.253. The number of aryl methyl sites for hydroxylation is 1. The van der Waals surface area contributed by atoms with Crippen LogP contribution in [0.1, 0.15) is 24.3 Å². The first kappa shape index (κ1) is 18.9. The number of sulfonamides is 1. The number of rotatable bonds is 7. The van der Waals surface area contributed by atoms with Gasteiger partial charge in [0.2, 0.25) is 10.0 Å². The van der Waals surface area contributed by atoms with Crippen LogP contribution in [0.2, 0.25) is 0 Å². The van der Waals surface area contributed by atoms with E-state index in [0.717, 1.165) is 37.4 Å². The van der Waals surface area contributed by atoms with Crippen LogP contribution in [-0.4, -0.2) is 45.2 Å². The number of ether oxygens (including phenoxy) is 1. The van der Waals surface area contributed by atoms with Gasteiger partial charge in [0, 0.05) is 19.2 Å². The number of methoxy groups -OCH3 is 1. The topological polar surface area (TPSA) is 84.7 Å². The summed E-state index contributed by atoms with van der Waals surface area (Å²) in [5.41, 5.74) is 0.876. The highest BCUT2D eigenvalue weighted by Crippen LogP contribution is 2.20. The lowest BCUT2D eigenvalue weighted by atomic mass is 9.98. The lowest BCUT2D eigenvalue weighted by molar-refractivity contribution is 0.154. The predicted octanol–water partition coefficient (Wildman–Crippen LogP) is 2.18. The van der Waals surface area contributed by atoms with Crippen molar-refractivity contribution in [3.05, 3.63) is 41.8 Å².